The lowest BCUT2D eigenvalue weighted by atomic mass is 10.1. The van der Waals surface area contributed by atoms with Crippen molar-refractivity contribution in [3.63, 3.8) is 0 Å². The zero-order chi connectivity index (χ0) is 16.7. The van der Waals surface area contributed by atoms with E-state index < -0.39 is 0 Å². The number of likely N-dealkylation sites (N-methyl/N-ethyl adjacent to an activating group) is 1. The van der Waals surface area contributed by atoms with E-state index in [2.05, 4.69) is 17.0 Å². The number of hydrogen-bond donors (Lipinski definition) is 1. The average molecular weight is 321 g/mol. The second kappa shape index (κ2) is 8.86. The number of carbonyl (C=O) groups excluding carboxylic acids is 1. The number of nitrogens with two attached hydrogens (primary N) is 1. The highest BCUT2D eigenvalue weighted by atomic mass is 16.5. The second-order valence-electron chi connectivity index (χ2n) is 5.97. The van der Waals surface area contributed by atoms with Gasteiger partial charge in [-0.2, -0.15) is 0 Å². The zero-order valence-corrected chi connectivity index (χ0v) is 14.0. The van der Waals surface area contributed by atoms with E-state index in [4.69, 9.17) is 15.2 Å². The molecule has 1 aromatic carbocycles. The van der Waals surface area contributed by atoms with Crippen LogP contribution in [0.4, 0.5) is 0 Å². The fraction of sp³-hybridized carbons (Fsp3) is 0.588. The molecule has 0 bridgehead atoms. The summed E-state index contributed by atoms with van der Waals surface area (Å²) < 4.78 is 11.4. The van der Waals surface area contributed by atoms with Crippen molar-refractivity contribution in [3.8, 4) is 5.75 Å². The van der Waals surface area contributed by atoms with Gasteiger partial charge in [0.2, 0.25) is 5.91 Å². The van der Waals surface area contributed by atoms with Crippen molar-refractivity contribution in [1.82, 2.24) is 9.80 Å². The molecule has 1 aliphatic rings. The van der Waals surface area contributed by atoms with Crippen molar-refractivity contribution in [2.75, 3.05) is 46.4 Å². The van der Waals surface area contributed by atoms with Crippen molar-refractivity contribution in [3.05, 3.63) is 29.8 Å². The quantitative estimate of drug-likeness (QED) is 0.763. The van der Waals surface area contributed by atoms with E-state index in [1.807, 2.05) is 31.0 Å². The van der Waals surface area contributed by atoms with Crippen LogP contribution in [0.5, 0.6) is 5.75 Å². The molecule has 1 amide bonds. The summed E-state index contributed by atoms with van der Waals surface area (Å²) in [6, 6.07) is 8.21. The van der Waals surface area contributed by atoms with E-state index >= 15 is 0 Å². The molecule has 0 radical (unpaired) electrons. The van der Waals surface area contributed by atoms with Gasteiger partial charge < -0.3 is 15.2 Å². The molecular weight excluding hydrogens is 294 g/mol. The number of primary amides is 1. The van der Waals surface area contributed by atoms with Gasteiger partial charge in [-0.05, 0) is 31.7 Å². The van der Waals surface area contributed by atoms with Crippen LogP contribution in [-0.4, -0.2) is 68.3 Å². The smallest absolute Gasteiger partial charge is 0.231 e. The lowest BCUT2D eigenvalue weighted by molar-refractivity contribution is -0.119. The molecule has 23 heavy (non-hydrogen) atoms. The molecule has 6 heteroatoms. The Morgan fingerprint density at radius 3 is 3.09 bits per heavy atom. The van der Waals surface area contributed by atoms with Crippen molar-refractivity contribution in [2.45, 2.75) is 19.6 Å². The largest absolute Gasteiger partial charge is 0.494 e. The first-order chi connectivity index (χ1) is 11.1. The predicted octanol–water partition coefficient (Wildman–Crippen LogP) is 0.703. The van der Waals surface area contributed by atoms with Crippen LogP contribution in [0.1, 0.15) is 12.5 Å². The van der Waals surface area contributed by atoms with E-state index in [9.17, 15) is 4.79 Å². The molecule has 1 saturated heterocycles. The molecule has 1 aromatic rings. The Labute approximate surface area is 138 Å². The summed E-state index contributed by atoms with van der Waals surface area (Å²) in [6.45, 7) is 6.98. The van der Waals surface area contributed by atoms with Gasteiger partial charge in [0.1, 0.15) is 5.75 Å². The molecule has 6 nitrogen and oxygen atoms in total. The Morgan fingerprint density at radius 2 is 2.35 bits per heavy atom. The van der Waals surface area contributed by atoms with Gasteiger partial charge in [-0.15, -0.1) is 0 Å². The summed E-state index contributed by atoms with van der Waals surface area (Å²) in [5, 5.41) is 0. The average Bonchev–Trinajstić information content (AvgIpc) is 2.47. The molecular formula is C17H27N3O3. The van der Waals surface area contributed by atoms with E-state index in [0.717, 1.165) is 25.4 Å². The number of nitrogens with zero attached hydrogens (tertiary/aromatic N) is 2. The molecule has 1 atom stereocenters. The molecule has 2 rings (SSSR count). The number of amides is 1. The van der Waals surface area contributed by atoms with Gasteiger partial charge in [0.05, 0.1) is 25.9 Å². The van der Waals surface area contributed by atoms with Crippen LogP contribution in [-0.2, 0) is 16.1 Å². The third kappa shape index (κ3) is 6.17. The van der Waals surface area contributed by atoms with E-state index in [-0.39, 0.29) is 18.6 Å². The summed E-state index contributed by atoms with van der Waals surface area (Å²) in [7, 11) is 1.89. The molecule has 1 fully saturated rings. The third-order valence-electron chi connectivity index (χ3n) is 3.78. The van der Waals surface area contributed by atoms with E-state index in [1.54, 1.807) is 0 Å². The van der Waals surface area contributed by atoms with Gasteiger partial charge in [0.25, 0.3) is 0 Å². The van der Waals surface area contributed by atoms with Gasteiger partial charge in [0, 0.05) is 26.2 Å². The van der Waals surface area contributed by atoms with Crippen LogP contribution < -0.4 is 10.5 Å². The summed E-state index contributed by atoms with van der Waals surface area (Å²) in [4.78, 5) is 15.2. The number of rotatable bonds is 8. The summed E-state index contributed by atoms with van der Waals surface area (Å²) in [5.41, 5.74) is 6.46. The standard InChI is InChI=1S/C17H27N3O3/c1-3-22-15-6-4-5-14(9-15)10-20-7-8-23-16(12-20)11-19(2)13-17(18)21/h4-6,9,16H,3,7-8,10-13H2,1-2H3,(H2,18,21). The Hall–Kier alpha value is -1.63. The van der Waals surface area contributed by atoms with Gasteiger partial charge in [-0.1, -0.05) is 12.1 Å². The van der Waals surface area contributed by atoms with Crippen molar-refractivity contribution in [2.24, 2.45) is 5.73 Å². The Kier molecular flexibility index (Phi) is 6.83. The molecule has 0 saturated carbocycles. The highest BCUT2D eigenvalue weighted by Gasteiger charge is 2.22. The molecule has 1 unspecified atom stereocenters. The van der Waals surface area contributed by atoms with E-state index in [0.29, 0.717) is 19.8 Å². The minimum atomic E-state index is -0.312. The first-order valence-corrected chi connectivity index (χ1v) is 8.09. The maximum Gasteiger partial charge on any atom is 0.231 e. The normalized spacial score (nSPS) is 19.0. The lowest BCUT2D eigenvalue weighted by Crippen LogP contribution is -2.47. The summed E-state index contributed by atoms with van der Waals surface area (Å²) >= 11 is 0. The molecule has 2 N–H and O–H groups in total. The first-order valence-electron chi connectivity index (χ1n) is 8.09. The van der Waals surface area contributed by atoms with E-state index in [1.165, 1.54) is 5.56 Å². The Morgan fingerprint density at radius 1 is 1.52 bits per heavy atom. The first kappa shape index (κ1) is 17.7. The minimum absolute atomic E-state index is 0.100. The summed E-state index contributed by atoms with van der Waals surface area (Å²) in [5.74, 6) is 0.601. The fourth-order valence-electron chi connectivity index (χ4n) is 2.87. The predicted molar refractivity (Wildman–Crippen MR) is 89.3 cm³/mol. The van der Waals surface area contributed by atoms with Crippen LogP contribution in [0.3, 0.4) is 0 Å². The molecule has 0 aliphatic carbocycles. The highest BCUT2D eigenvalue weighted by Crippen LogP contribution is 2.16. The number of ether oxygens (including phenoxy) is 2. The van der Waals surface area contributed by atoms with Crippen molar-refractivity contribution in [1.29, 1.82) is 0 Å². The fourth-order valence-corrected chi connectivity index (χ4v) is 2.87. The molecule has 128 valence electrons. The second-order valence-corrected chi connectivity index (χ2v) is 5.97. The SMILES string of the molecule is CCOc1cccc(CN2CCOC(CN(C)CC(N)=O)C2)c1. The maximum atomic E-state index is 11.0. The zero-order valence-electron chi connectivity index (χ0n) is 14.0. The topological polar surface area (TPSA) is 68.0 Å². The van der Waals surface area contributed by atoms with Crippen molar-refractivity contribution >= 4 is 5.91 Å². The van der Waals surface area contributed by atoms with Crippen LogP contribution in [0, 0.1) is 0 Å². The molecule has 0 spiro atoms. The monoisotopic (exact) mass is 321 g/mol. The molecule has 0 aromatic heterocycles. The Bertz CT molecular complexity index is 510. The molecule has 1 aliphatic heterocycles. The maximum absolute atomic E-state index is 11.0. The van der Waals surface area contributed by atoms with Gasteiger partial charge in [-0.25, -0.2) is 0 Å². The number of hydrogen-bond acceptors (Lipinski definition) is 5. The van der Waals surface area contributed by atoms with Crippen molar-refractivity contribution < 1.29 is 14.3 Å². The van der Waals surface area contributed by atoms with Crippen LogP contribution in [0.15, 0.2) is 24.3 Å². The number of carbonyl (C=O) groups is 1. The van der Waals surface area contributed by atoms with Crippen LogP contribution in [0.2, 0.25) is 0 Å². The van der Waals surface area contributed by atoms with Crippen LogP contribution in [0.25, 0.3) is 0 Å². The van der Waals surface area contributed by atoms with Gasteiger partial charge >= 0.3 is 0 Å². The minimum Gasteiger partial charge on any atom is -0.494 e. The third-order valence-corrected chi connectivity index (χ3v) is 3.78. The van der Waals surface area contributed by atoms with Gasteiger partial charge in [0.15, 0.2) is 0 Å². The van der Waals surface area contributed by atoms with Gasteiger partial charge in [-0.3, -0.25) is 14.6 Å². The number of benzene rings is 1. The lowest BCUT2D eigenvalue weighted by Gasteiger charge is -2.34. The highest BCUT2D eigenvalue weighted by molar-refractivity contribution is 5.75. The summed E-state index contributed by atoms with van der Waals surface area (Å²) in [6.07, 6.45) is 0.100. The van der Waals surface area contributed by atoms with Crippen LogP contribution >= 0.6 is 0 Å². The molecule has 1 heterocycles. The number of morpholine rings is 1. The Balaban J connectivity index is 1.86.